The third-order valence-electron chi connectivity index (χ3n) is 2.76. The van der Waals surface area contributed by atoms with Gasteiger partial charge in [0.05, 0.1) is 10.9 Å². The standard InChI is InChI=1S/C6H13N.C6H6O3S/c7-6-4-2-1-3-5-6;7-10(8,9)6-4-2-1-3-5-6/h6H,1-5,7H2;1-5H,(H,7,8,9). The number of hydrogen-bond donors (Lipinski definition) is 1. The van der Waals surface area contributed by atoms with Crippen molar-refractivity contribution in [3.05, 3.63) is 30.3 Å². The van der Waals surface area contributed by atoms with Gasteiger partial charge in [-0.2, -0.15) is 0 Å². The van der Waals surface area contributed by atoms with Gasteiger partial charge in [-0.15, -0.1) is 0 Å². The van der Waals surface area contributed by atoms with E-state index in [9.17, 15) is 13.0 Å². The Kier molecular flexibility index (Phi) is 5.61. The second-order valence-electron chi connectivity index (χ2n) is 4.27. The topological polar surface area (TPSA) is 84.8 Å². The Balaban J connectivity index is 0.000000181. The van der Waals surface area contributed by atoms with E-state index < -0.39 is 10.1 Å². The van der Waals surface area contributed by atoms with Crippen molar-refractivity contribution in [2.45, 2.75) is 43.0 Å². The molecule has 0 radical (unpaired) electrons. The zero-order chi connectivity index (χ0) is 12.7. The van der Waals surface area contributed by atoms with Crippen molar-refractivity contribution >= 4 is 10.1 Å². The van der Waals surface area contributed by atoms with Gasteiger partial charge >= 0.3 is 0 Å². The van der Waals surface area contributed by atoms with E-state index in [1.54, 1.807) is 6.07 Å². The summed E-state index contributed by atoms with van der Waals surface area (Å²) in [4.78, 5) is -0.185. The van der Waals surface area contributed by atoms with E-state index in [-0.39, 0.29) is 4.90 Å². The average Bonchev–Trinajstić information content (AvgIpc) is 2.31. The first-order chi connectivity index (χ1) is 8.00. The minimum atomic E-state index is -4.25. The van der Waals surface area contributed by atoms with Crippen LogP contribution in [0.2, 0.25) is 0 Å². The molecule has 1 aliphatic rings. The summed E-state index contributed by atoms with van der Waals surface area (Å²) in [5, 5.41) is 0. The monoisotopic (exact) mass is 257 g/mol. The van der Waals surface area contributed by atoms with Crippen LogP contribution in [-0.4, -0.2) is 19.0 Å². The zero-order valence-electron chi connectivity index (χ0n) is 9.84. The first kappa shape index (κ1) is 14.2. The van der Waals surface area contributed by atoms with E-state index in [0.29, 0.717) is 0 Å². The maximum absolute atomic E-state index is 10.3. The molecule has 0 unspecified atom stereocenters. The highest BCUT2D eigenvalue weighted by Gasteiger charge is 2.09. The molecule has 1 fully saturated rings. The smallest absolute Gasteiger partial charge is 0.124 e. The molecule has 0 aliphatic heterocycles. The van der Waals surface area contributed by atoms with E-state index in [4.69, 9.17) is 0 Å². The minimum Gasteiger partial charge on any atom is -0.744 e. The molecule has 3 N–H and O–H groups in total. The highest BCUT2D eigenvalue weighted by Crippen LogP contribution is 2.13. The summed E-state index contributed by atoms with van der Waals surface area (Å²) >= 11 is 0. The molecule has 0 amide bonds. The summed E-state index contributed by atoms with van der Waals surface area (Å²) in [6, 6.07) is 7.98. The van der Waals surface area contributed by atoms with Gasteiger partial charge in [0.1, 0.15) is 10.1 Å². The maximum atomic E-state index is 10.3. The first-order valence-corrected chi connectivity index (χ1v) is 7.25. The van der Waals surface area contributed by atoms with Gasteiger partial charge in [0.15, 0.2) is 0 Å². The van der Waals surface area contributed by atoms with Gasteiger partial charge in [-0.1, -0.05) is 24.6 Å². The first-order valence-electron chi connectivity index (χ1n) is 5.84. The molecule has 1 aromatic carbocycles. The highest BCUT2D eigenvalue weighted by molar-refractivity contribution is 7.85. The van der Waals surface area contributed by atoms with Crippen molar-refractivity contribution in [1.82, 2.24) is 0 Å². The third-order valence-corrected chi connectivity index (χ3v) is 3.61. The molecule has 1 aliphatic carbocycles. The Bertz CT molecular complexity index is 411. The summed E-state index contributed by atoms with van der Waals surface area (Å²) in [7, 11) is -4.25. The molecule has 0 bridgehead atoms. The van der Waals surface area contributed by atoms with E-state index in [2.05, 4.69) is 5.73 Å². The van der Waals surface area contributed by atoms with Crippen molar-refractivity contribution in [2.24, 2.45) is 0 Å². The second kappa shape index (κ2) is 6.74. The fraction of sp³-hybridized carbons (Fsp3) is 0.500. The van der Waals surface area contributed by atoms with Gasteiger partial charge in [-0.3, -0.25) is 0 Å². The summed E-state index contributed by atoms with van der Waals surface area (Å²) in [5.74, 6) is 0. The van der Waals surface area contributed by atoms with Crippen LogP contribution in [0.4, 0.5) is 0 Å². The molecule has 0 saturated heterocycles. The molecule has 1 aromatic rings. The maximum Gasteiger partial charge on any atom is 0.124 e. The third kappa shape index (κ3) is 5.81. The molecule has 96 valence electrons. The fourth-order valence-electron chi connectivity index (χ4n) is 1.77. The van der Waals surface area contributed by atoms with E-state index in [1.165, 1.54) is 56.4 Å². The molecule has 0 heterocycles. The Morgan fingerprint density at radius 1 is 1.06 bits per heavy atom. The second-order valence-corrected chi connectivity index (χ2v) is 5.65. The quantitative estimate of drug-likeness (QED) is 0.766. The minimum absolute atomic E-state index is 0.185. The molecule has 0 aromatic heterocycles. The van der Waals surface area contributed by atoms with Crippen LogP contribution in [0.1, 0.15) is 32.1 Å². The van der Waals surface area contributed by atoms with Gasteiger partial charge in [-0.25, -0.2) is 8.42 Å². The molecule has 0 atom stereocenters. The van der Waals surface area contributed by atoms with Crippen LogP contribution in [0.15, 0.2) is 35.2 Å². The Hall–Kier alpha value is -0.910. The highest BCUT2D eigenvalue weighted by atomic mass is 32.2. The van der Waals surface area contributed by atoms with E-state index in [0.717, 1.165) is 6.04 Å². The Morgan fingerprint density at radius 3 is 1.88 bits per heavy atom. The molecule has 1 saturated carbocycles. The Labute approximate surface area is 103 Å². The van der Waals surface area contributed by atoms with Crippen LogP contribution >= 0.6 is 0 Å². The van der Waals surface area contributed by atoms with Gasteiger partial charge in [-0.05, 0) is 37.8 Å². The molecular weight excluding hydrogens is 238 g/mol. The number of hydrogen-bond acceptors (Lipinski definition) is 3. The van der Waals surface area contributed by atoms with Crippen LogP contribution in [0.3, 0.4) is 0 Å². The zero-order valence-corrected chi connectivity index (χ0v) is 10.7. The number of quaternary nitrogens is 1. The van der Waals surface area contributed by atoms with Crippen molar-refractivity contribution < 1.29 is 18.7 Å². The lowest BCUT2D eigenvalue weighted by Crippen LogP contribution is -2.61. The van der Waals surface area contributed by atoms with Gasteiger partial charge in [0.25, 0.3) is 0 Å². The fourth-order valence-corrected chi connectivity index (χ4v) is 2.26. The lowest BCUT2D eigenvalue weighted by Gasteiger charge is -2.12. The van der Waals surface area contributed by atoms with Crippen LogP contribution < -0.4 is 5.73 Å². The molecule has 17 heavy (non-hydrogen) atoms. The number of rotatable bonds is 1. The predicted octanol–water partition coefficient (Wildman–Crippen LogP) is 1.15. The summed E-state index contributed by atoms with van der Waals surface area (Å²) in [6.07, 6.45) is 7.05. The van der Waals surface area contributed by atoms with Crippen LogP contribution in [0.25, 0.3) is 0 Å². The van der Waals surface area contributed by atoms with Gasteiger partial charge in [0, 0.05) is 0 Å². The molecule has 5 heteroatoms. The van der Waals surface area contributed by atoms with Crippen LogP contribution in [-0.2, 0) is 10.1 Å². The molecule has 0 spiro atoms. The van der Waals surface area contributed by atoms with Crippen molar-refractivity contribution in [3.63, 3.8) is 0 Å². The predicted molar refractivity (Wildman–Crippen MR) is 64.2 cm³/mol. The van der Waals surface area contributed by atoms with E-state index >= 15 is 0 Å². The SMILES string of the molecule is O=S(=O)([O-])c1ccccc1.[NH3+]C1CCCCC1. The summed E-state index contributed by atoms with van der Waals surface area (Å²) in [5.41, 5.74) is 4.00. The van der Waals surface area contributed by atoms with Crippen LogP contribution in [0.5, 0.6) is 0 Å². The average molecular weight is 257 g/mol. The van der Waals surface area contributed by atoms with Crippen molar-refractivity contribution in [3.8, 4) is 0 Å². The summed E-state index contributed by atoms with van der Waals surface area (Å²) in [6.45, 7) is 0. The van der Waals surface area contributed by atoms with Gasteiger partial charge < -0.3 is 10.3 Å². The van der Waals surface area contributed by atoms with Gasteiger partial charge in [0.2, 0.25) is 0 Å². The lowest BCUT2D eigenvalue weighted by molar-refractivity contribution is -0.425. The Morgan fingerprint density at radius 2 is 1.59 bits per heavy atom. The molecular formula is C12H19NO3S. The molecule has 2 rings (SSSR count). The van der Waals surface area contributed by atoms with E-state index in [1.807, 2.05) is 0 Å². The van der Waals surface area contributed by atoms with Crippen molar-refractivity contribution in [2.75, 3.05) is 0 Å². The summed E-state index contributed by atoms with van der Waals surface area (Å²) < 4.78 is 30.8. The molecule has 4 nitrogen and oxygen atoms in total. The lowest BCUT2D eigenvalue weighted by atomic mass is 9.97. The largest absolute Gasteiger partial charge is 0.744 e. The normalized spacial score (nSPS) is 17.1. The van der Waals surface area contributed by atoms with Crippen molar-refractivity contribution in [1.29, 1.82) is 0 Å². The van der Waals surface area contributed by atoms with Crippen LogP contribution in [0, 0.1) is 0 Å². The number of benzene rings is 1.